The average Bonchev–Trinajstić information content (AvgIpc) is 2.99. The molecule has 0 aromatic heterocycles. The Morgan fingerprint density at radius 2 is 1.75 bits per heavy atom. The minimum Gasteiger partial charge on any atom is -0.449 e. The van der Waals surface area contributed by atoms with E-state index in [9.17, 15) is 9.59 Å². The lowest BCUT2D eigenvalue weighted by molar-refractivity contribution is -0.115. The number of benzene rings is 2. The van der Waals surface area contributed by atoms with E-state index in [-0.39, 0.29) is 17.6 Å². The number of amides is 2. The highest BCUT2D eigenvalue weighted by Crippen LogP contribution is 2.33. The largest absolute Gasteiger partial charge is 0.449 e. The Morgan fingerprint density at radius 1 is 1.04 bits per heavy atom. The number of hydrogen-bond acceptors (Lipinski definition) is 3. The van der Waals surface area contributed by atoms with Gasteiger partial charge in [0.25, 0.3) is 11.8 Å². The lowest BCUT2D eigenvalue weighted by atomic mass is 10.1. The number of halogens is 1. The molecule has 0 spiro atoms. The Kier molecular flexibility index (Phi) is 5.35. The number of carbonyl (C=O) groups is 2. The maximum atomic E-state index is 12.8. The third-order valence-electron chi connectivity index (χ3n) is 4.98. The molecule has 0 aliphatic carbocycles. The molecule has 144 valence electrons. The van der Waals surface area contributed by atoms with Gasteiger partial charge in [-0.15, -0.1) is 0 Å². The van der Waals surface area contributed by atoms with Crippen molar-refractivity contribution in [3.63, 3.8) is 0 Å². The van der Waals surface area contributed by atoms with Gasteiger partial charge in [-0.05, 0) is 54.8 Å². The first kappa shape index (κ1) is 18.6. The Hall–Kier alpha value is -2.79. The van der Waals surface area contributed by atoms with Crippen LogP contribution in [0, 0.1) is 0 Å². The van der Waals surface area contributed by atoms with Gasteiger partial charge in [0.2, 0.25) is 0 Å². The van der Waals surface area contributed by atoms with Crippen LogP contribution in [-0.4, -0.2) is 29.8 Å². The molecule has 2 aromatic rings. The van der Waals surface area contributed by atoms with Crippen LogP contribution in [0.4, 0.5) is 5.69 Å². The molecule has 2 heterocycles. The number of ether oxygens (including phenoxy) is 1. The van der Waals surface area contributed by atoms with E-state index in [1.54, 1.807) is 36.4 Å². The number of nitrogens with zero attached hydrogens (tertiary/aromatic N) is 1. The second-order valence-corrected chi connectivity index (χ2v) is 7.47. The lowest BCUT2D eigenvalue weighted by Gasteiger charge is -2.23. The number of carbonyl (C=O) groups excluding carboxylic acids is 2. The highest BCUT2D eigenvalue weighted by atomic mass is 35.5. The minimum absolute atomic E-state index is 0.00134. The summed E-state index contributed by atoms with van der Waals surface area (Å²) in [5, 5.41) is 3.45. The van der Waals surface area contributed by atoms with Gasteiger partial charge in [0, 0.05) is 23.7 Å². The Labute approximate surface area is 168 Å². The fraction of sp³-hybridized carbons (Fsp3) is 0.273. The molecule has 0 atom stereocenters. The first-order chi connectivity index (χ1) is 13.6. The van der Waals surface area contributed by atoms with Crippen LogP contribution < -0.4 is 10.1 Å². The van der Waals surface area contributed by atoms with Gasteiger partial charge in [0.15, 0.2) is 11.5 Å². The van der Waals surface area contributed by atoms with Crippen molar-refractivity contribution in [2.75, 3.05) is 18.4 Å². The van der Waals surface area contributed by atoms with Crippen molar-refractivity contribution in [1.29, 1.82) is 0 Å². The summed E-state index contributed by atoms with van der Waals surface area (Å²) in [4.78, 5) is 27.1. The van der Waals surface area contributed by atoms with Gasteiger partial charge in [-0.2, -0.15) is 0 Å². The van der Waals surface area contributed by atoms with E-state index in [1.165, 1.54) is 12.8 Å². The molecule has 6 heteroatoms. The Morgan fingerprint density at radius 3 is 2.46 bits per heavy atom. The van der Waals surface area contributed by atoms with E-state index in [0.717, 1.165) is 31.5 Å². The molecule has 2 aliphatic rings. The first-order valence-corrected chi connectivity index (χ1v) is 9.88. The minimum atomic E-state index is -0.346. The number of fused-ring (bicyclic) bond motifs is 1. The third kappa shape index (κ3) is 4.04. The van der Waals surface area contributed by atoms with E-state index in [1.807, 2.05) is 17.0 Å². The number of nitrogens with one attached hydrogen (secondary N) is 1. The summed E-state index contributed by atoms with van der Waals surface area (Å²) in [7, 11) is 0. The van der Waals surface area contributed by atoms with Crippen LogP contribution in [0.1, 0.15) is 41.6 Å². The second kappa shape index (κ2) is 8.07. The zero-order chi connectivity index (χ0) is 19.5. The standard InChI is InChI=1S/C22H21ClN2O3/c23-17-8-5-15(6-9-17)13-20-21(26)24-18-14-16(7-10-19(18)28-20)22(27)25-11-3-1-2-4-12-25/h5-10,13-14H,1-4,11-12H2,(H,24,26). The number of likely N-dealkylation sites (tertiary alicyclic amines) is 1. The maximum absolute atomic E-state index is 12.8. The van der Waals surface area contributed by atoms with Crippen LogP contribution in [0.25, 0.3) is 6.08 Å². The topological polar surface area (TPSA) is 58.6 Å². The van der Waals surface area contributed by atoms with Gasteiger partial charge >= 0.3 is 0 Å². The second-order valence-electron chi connectivity index (χ2n) is 7.03. The molecule has 28 heavy (non-hydrogen) atoms. The molecule has 0 radical (unpaired) electrons. The van der Waals surface area contributed by atoms with Gasteiger partial charge in [0.1, 0.15) is 0 Å². The normalized spacial score (nSPS) is 18.1. The molecule has 5 nitrogen and oxygen atoms in total. The van der Waals surface area contributed by atoms with E-state index >= 15 is 0 Å². The average molecular weight is 397 g/mol. The molecular weight excluding hydrogens is 376 g/mol. The van der Waals surface area contributed by atoms with Crippen molar-refractivity contribution in [3.05, 3.63) is 64.4 Å². The number of rotatable bonds is 2. The summed E-state index contributed by atoms with van der Waals surface area (Å²) < 4.78 is 5.77. The lowest BCUT2D eigenvalue weighted by Crippen LogP contribution is -2.32. The molecule has 1 N–H and O–H groups in total. The zero-order valence-electron chi connectivity index (χ0n) is 15.4. The van der Waals surface area contributed by atoms with Crippen LogP contribution in [0.3, 0.4) is 0 Å². The number of anilines is 1. The van der Waals surface area contributed by atoms with Gasteiger partial charge < -0.3 is 15.0 Å². The Bertz CT molecular complexity index is 929. The van der Waals surface area contributed by atoms with Crippen LogP contribution in [0.15, 0.2) is 48.2 Å². The van der Waals surface area contributed by atoms with E-state index < -0.39 is 0 Å². The van der Waals surface area contributed by atoms with Gasteiger partial charge in [-0.3, -0.25) is 9.59 Å². The predicted molar refractivity (Wildman–Crippen MR) is 110 cm³/mol. The summed E-state index contributed by atoms with van der Waals surface area (Å²) in [5.41, 5.74) is 1.89. The van der Waals surface area contributed by atoms with E-state index in [0.29, 0.717) is 22.0 Å². The summed E-state index contributed by atoms with van der Waals surface area (Å²) in [6, 6.07) is 12.3. The smallest absolute Gasteiger partial charge is 0.291 e. The summed E-state index contributed by atoms with van der Waals surface area (Å²) in [6.07, 6.45) is 6.07. The molecule has 4 rings (SSSR count). The van der Waals surface area contributed by atoms with E-state index in [2.05, 4.69) is 5.32 Å². The maximum Gasteiger partial charge on any atom is 0.291 e. The quantitative estimate of drug-likeness (QED) is 0.746. The fourth-order valence-electron chi connectivity index (χ4n) is 3.46. The van der Waals surface area contributed by atoms with Crippen molar-refractivity contribution >= 4 is 35.2 Å². The summed E-state index contributed by atoms with van der Waals surface area (Å²) in [5.74, 6) is 0.372. The molecule has 1 fully saturated rings. The Balaban J connectivity index is 1.54. The monoisotopic (exact) mass is 396 g/mol. The van der Waals surface area contributed by atoms with Crippen LogP contribution in [-0.2, 0) is 4.79 Å². The van der Waals surface area contributed by atoms with Crippen LogP contribution >= 0.6 is 11.6 Å². The molecule has 0 bridgehead atoms. The predicted octanol–water partition coefficient (Wildman–Crippen LogP) is 4.73. The number of hydrogen-bond donors (Lipinski definition) is 1. The summed E-state index contributed by atoms with van der Waals surface area (Å²) >= 11 is 5.89. The highest BCUT2D eigenvalue weighted by Gasteiger charge is 2.24. The molecule has 0 unspecified atom stereocenters. The van der Waals surface area contributed by atoms with Crippen LogP contribution in [0.5, 0.6) is 5.75 Å². The SMILES string of the molecule is O=C1Nc2cc(C(=O)N3CCCCCC3)ccc2OC1=Cc1ccc(Cl)cc1. The molecule has 0 saturated carbocycles. The molecule has 2 aliphatic heterocycles. The van der Waals surface area contributed by atoms with Crippen molar-refractivity contribution in [2.24, 2.45) is 0 Å². The fourth-order valence-corrected chi connectivity index (χ4v) is 3.59. The van der Waals surface area contributed by atoms with Crippen LogP contribution in [0.2, 0.25) is 5.02 Å². The zero-order valence-corrected chi connectivity index (χ0v) is 16.2. The molecule has 2 aromatic carbocycles. The van der Waals surface area contributed by atoms with Crippen molar-refractivity contribution in [1.82, 2.24) is 4.90 Å². The van der Waals surface area contributed by atoms with Crippen molar-refractivity contribution in [2.45, 2.75) is 25.7 Å². The summed E-state index contributed by atoms with van der Waals surface area (Å²) in [6.45, 7) is 1.57. The molecular formula is C22H21ClN2O3. The molecule has 2 amide bonds. The molecule has 1 saturated heterocycles. The van der Waals surface area contributed by atoms with Gasteiger partial charge in [-0.25, -0.2) is 0 Å². The third-order valence-corrected chi connectivity index (χ3v) is 5.23. The van der Waals surface area contributed by atoms with Crippen molar-refractivity contribution < 1.29 is 14.3 Å². The first-order valence-electron chi connectivity index (χ1n) is 9.50. The van der Waals surface area contributed by atoms with Gasteiger partial charge in [0.05, 0.1) is 5.69 Å². The highest BCUT2D eigenvalue weighted by molar-refractivity contribution is 6.30. The van der Waals surface area contributed by atoms with E-state index in [4.69, 9.17) is 16.3 Å². The van der Waals surface area contributed by atoms with Gasteiger partial charge in [-0.1, -0.05) is 36.6 Å². The van der Waals surface area contributed by atoms with Crippen molar-refractivity contribution in [3.8, 4) is 5.75 Å².